The Labute approximate surface area is 123 Å². The van der Waals surface area contributed by atoms with Crippen molar-refractivity contribution in [2.75, 3.05) is 20.6 Å². The lowest BCUT2D eigenvalue weighted by molar-refractivity contribution is -0.135. The molecule has 0 aromatic carbocycles. The van der Waals surface area contributed by atoms with E-state index in [4.69, 9.17) is 4.42 Å². The first-order valence-corrected chi connectivity index (χ1v) is 7.77. The van der Waals surface area contributed by atoms with Gasteiger partial charge in [-0.2, -0.15) is 13.2 Å². The summed E-state index contributed by atoms with van der Waals surface area (Å²) in [5, 5.41) is 2.78. The van der Waals surface area contributed by atoms with E-state index in [1.807, 2.05) is 0 Å². The summed E-state index contributed by atoms with van der Waals surface area (Å²) in [6.07, 6.45) is -5.61. The molecule has 0 radical (unpaired) electrons. The fourth-order valence-corrected chi connectivity index (χ4v) is 3.54. The highest BCUT2D eigenvalue weighted by molar-refractivity contribution is 9.10. The molecule has 0 unspecified atom stereocenters. The summed E-state index contributed by atoms with van der Waals surface area (Å²) in [6, 6.07) is 1.28. The molecule has 1 aromatic heterocycles. The molecule has 116 valence electrons. The van der Waals surface area contributed by atoms with Gasteiger partial charge in [0.05, 0.1) is 13.0 Å². The van der Waals surface area contributed by atoms with Crippen molar-refractivity contribution in [2.45, 2.75) is 24.0 Å². The van der Waals surface area contributed by atoms with E-state index in [0.29, 0.717) is 16.6 Å². The van der Waals surface area contributed by atoms with Gasteiger partial charge in [-0.15, -0.1) is 0 Å². The SMILES string of the molecule is CNCc1cc(S(=O)(=O)N(C)CCC(F)(F)F)c(Br)o1. The van der Waals surface area contributed by atoms with E-state index in [1.54, 1.807) is 7.05 Å². The van der Waals surface area contributed by atoms with Gasteiger partial charge in [0.15, 0.2) is 4.67 Å². The first-order valence-electron chi connectivity index (χ1n) is 5.54. The fraction of sp³-hybridized carbons (Fsp3) is 0.600. The Morgan fingerprint density at radius 3 is 2.55 bits per heavy atom. The quantitative estimate of drug-likeness (QED) is 0.824. The van der Waals surface area contributed by atoms with Crippen molar-refractivity contribution in [1.82, 2.24) is 9.62 Å². The molecule has 0 saturated carbocycles. The first-order chi connectivity index (χ1) is 9.08. The Balaban J connectivity index is 2.92. The number of nitrogens with one attached hydrogen (secondary N) is 1. The number of hydrogen-bond acceptors (Lipinski definition) is 4. The smallest absolute Gasteiger partial charge is 0.390 e. The molecule has 5 nitrogen and oxygen atoms in total. The third kappa shape index (κ3) is 4.47. The molecule has 1 aromatic rings. The zero-order chi connectivity index (χ0) is 15.6. The van der Waals surface area contributed by atoms with Crippen molar-refractivity contribution in [2.24, 2.45) is 0 Å². The summed E-state index contributed by atoms with van der Waals surface area (Å²) in [7, 11) is -1.28. The summed E-state index contributed by atoms with van der Waals surface area (Å²) < 4.78 is 66.5. The first kappa shape index (κ1) is 17.5. The highest BCUT2D eigenvalue weighted by Gasteiger charge is 2.32. The van der Waals surface area contributed by atoms with Gasteiger partial charge in [0.1, 0.15) is 10.7 Å². The van der Waals surface area contributed by atoms with Crippen LogP contribution in [0.25, 0.3) is 0 Å². The largest absolute Gasteiger partial charge is 0.452 e. The molecule has 0 amide bonds. The second-order valence-corrected chi connectivity index (χ2v) is 6.81. The third-order valence-corrected chi connectivity index (χ3v) is 5.17. The van der Waals surface area contributed by atoms with Crippen molar-refractivity contribution < 1.29 is 26.0 Å². The summed E-state index contributed by atoms with van der Waals surface area (Å²) in [5.41, 5.74) is 0. The predicted octanol–water partition coefficient (Wildman–Crippen LogP) is 2.33. The van der Waals surface area contributed by atoms with Crippen LogP contribution in [0, 0.1) is 0 Å². The van der Waals surface area contributed by atoms with Crippen LogP contribution in [0.15, 0.2) is 20.0 Å². The van der Waals surface area contributed by atoms with E-state index < -0.39 is 29.2 Å². The maximum absolute atomic E-state index is 12.1. The number of furan rings is 1. The van der Waals surface area contributed by atoms with E-state index in [0.717, 1.165) is 7.05 Å². The number of hydrogen-bond donors (Lipinski definition) is 1. The molecule has 20 heavy (non-hydrogen) atoms. The van der Waals surface area contributed by atoms with Gasteiger partial charge in [-0.1, -0.05) is 0 Å². The highest BCUT2D eigenvalue weighted by atomic mass is 79.9. The van der Waals surface area contributed by atoms with Crippen LogP contribution in [0.1, 0.15) is 12.2 Å². The van der Waals surface area contributed by atoms with Crippen LogP contribution in [-0.4, -0.2) is 39.5 Å². The summed E-state index contributed by atoms with van der Waals surface area (Å²) in [6.45, 7) is -0.342. The van der Waals surface area contributed by atoms with Crippen molar-refractivity contribution in [3.8, 4) is 0 Å². The maximum atomic E-state index is 12.1. The van der Waals surface area contributed by atoms with Gasteiger partial charge < -0.3 is 9.73 Å². The summed E-state index contributed by atoms with van der Waals surface area (Å²) in [4.78, 5) is -0.188. The Kier molecular flexibility index (Phi) is 5.64. The van der Waals surface area contributed by atoms with E-state index in [2.05, 4.69) is 21.2 Å². The average molecular weight is 379 g/mol. The van der Waals surface area contributed by atoms with Crippen molar-refractivity contribution in [1.29, 1.82) is 0 Å². The molecule has 1 N–H and O–H groups in total. The number of nitrogens with zero attached hydrogens (tertiary/aromatic N) is 1. The van der Waals surface area contributed by atoms with Gasteiger partial charge >= 0.3 is 6.18 Å². The lowest BCUT2D eigenvalue weighted by Crippen LogP contribution is -2.30. The number of halogens is 4. The molecule has 0 fully saturated rings. The lowest BCUT2D eigenvalue weighted by Gasteiger charge is -2.17. The number of rotatable bonds is 6. The van der Waals surface area contributed by atoms with Gasteiger partial charge in [-0.25, -0.2) is 12.7 Å². The molecule has 1 heterocycles. The molecular formula is C10H14BrF3N2O3S. The van der Waals surface area contributed by atoms with Crippen LogP contribution >= 0.6 is 15.9 Å². The zero-order valence-electron chi connectivity index (χ0n) is 10.8. The van der Waals surface area contributed by atoms with Crippen LogP contribution in [0.5, 0.6) is 0 Å². The number of sulfonamides is 1. The van der Waals surface area contributed by atoms with Gasteiger partial charge in [-0.05, 0) is 23.0 Å². The predicted molar refractivity (Wildman–Crippen MR) is 69.7 cm³/mol. The molecule has 0 saturated heterocycles. The second kappa shape index (κ2) is 6.46. The minimum Gasteiger partial charge on any atom is -0.452 e. The average Bonchev–Trinajstić information content (AvgIpc) is 2.67. The van der Waals surface area contributed by atoms with Crippen LogP contribution in [0.4, 0.5) is 13.2 Å². The fourth-order valence-electron chi connectivity index (χ4n) is 1.41. The van der Waals surface area contributed by atoms with Crippen molar-refractivity contribution >= 4 is 26.0 Å². The molecule has 10 heteroatoms. The third-order valence-electron chi connectivity index (χ3n) is 2.46. The van der Waals surface area contributed by atoms with Crippen LogP contribution in [0.2, 0.25) is 0 Å². The number of alkyl halides is 3. The lowest BCUT2D eigenvalue weighted by atomic mass is 10.4. The van der Waals surface area contributed by atoms with Gasteiger partial charge in [0.25, 0.3) is 0 Å². The van der Waals surface area contributed by atoms with Gasteiger partial charge in [0.2, 0.25) is 10.0 Å². The minimum absolute atomic E-state index is 0.0263. The zero-order valence-corrected chi connectivity index (χ0v) is 13.2. The maximum Gasteiger partial charge on any atom is 0.390 e. The second-order valence-electron chi connectivity index (χ2n) is 4.07. The van der Waals surface area contributed by atoms with E-state index >= 15 is 0 Å². The van der Waals surface area contributed by atoms with Gasteiger partial charge in [0, 0.05) is 19.7 Å². The van der Waals surface area contributed by atoms with E-state index in [1.165, 1.54) is 6.07 Å². The molecule has 0 bridgehead atoms. The van der Waals surface area contributed by atoms with E-state index in [-0.39, 0.29) is 9.56 Å². The van der Waals surface area contributed by atoms with E-state index in [9.17, 15) is 21.6 Å². The Morgan fingerprint density at radius 1 is 1.45 bits per heavy atom. The molecule has 0 spiro atoms. The Morgan fingerprint density at radius 2 is 2.05 bits per heavy atom. The molecule has 0 aliphatic carbocycles. The monoisotopic (exact) mass is 378 g/mol. The van der Waals surface area contributed by atoms with Crippen molar-refractivity contribution in [3.63, 3.8) is 0 Å². The molecule has 1 rings (SSSR count). The topological polar surface area (TPSA) is 62.6 Å². The molecule has 0 aliphatic rings. The molecular weight excluding hydrogens is 365 g/mol. The standard InChI is InChI=1S/C10H14BrF3N2O3S/c1-15-6-7-5-8(9(11)19-7)20(17,18)16(2)4-3-10(12,13)14/h5,15H,3-4,6H2,1-2H3. The van der Waals surface area contributed by atoms with Crippen LogP contribution in [-0.2, 0) is 16.6 Å². The minimum atomic E-state index is -4.41. The molecule has 0 atom stereocenters. The Bertz CT molecular complexity index is 557. The highest BCUT2D eigenvalue weighted by Crippen LogP contribution is 2.29. The normalized spacial score (nSPS) is 13.2. The van der Waals surface area contributed by atoms with Crippen molar-refractivity contribution in [3.05, 3.63) is 16.5 Å². The van der Waals surface area contributed by atoms with Crippen LogP contribution in [0.3, 0.4) is 0 Å². The van der Waals surface area contributed by atoms with Crippen LogP contribution < -0.4 is 5.32 Å². The summed E-state index contributed by atoms with van der Waals surface area (Å²) >= 11 is 2.96. The van der Waals surface area contributed by atoms with Gasteiger partial charge in [-0.3, -0.25) is 0 Å². The Hall–Kier alpha value is -0.580. The summed E-state index contributed by atoms with van der Waals surface area (Å²) in [5.74, 6) is 0.363. The molecule has 0 aliphatic heterocycles.